The molecule has 2 nitrogen and oxygen atoms in total. The van der Waals surface area contributed by atoms with Gasteiger partial charge >= 0.3 is 0 Å². The lowest BCUT2D eigenvalue weighted by Gasteiger charge is -2.21. The van der Waals surface area contributed by atoms with Gasteiger partial charge in [-0.1, -0.05) is 50.3 Å². The van der Waals surface area contributed by atoms with E-state index in [9.17, 15) is 0 Å². The molecule has 1 saturated carbocycles. The van der Waals surface area contributed by atoms with E-state index >= 15 is 0 Å². The van der Waals surface area contributed by atoms with Crippen molar-refractivity contribution < 1.29 is 0 Å². The molecular formula is C23H26N2. The molecule has 1 N–H and O–H groups in total. The van der Waals surface area contributed by atoms with Crippen molar-refractivity contribution in [3.63, 3.8) is 0 Å². The maximum Gasteiger partial charge on any atom is 0.0589 e. The lowest BCUT2D eigenvalue weighted by atomic mass is 9.96. The number of aromatic nitrogens is 1. The highest BCUT2D eigenvalue weighted by Crippen LogP contribution is 2.33. The molecule has 1 aliphatic carbocycles. The van der Waals surface area contributed by atoms with Crippen LogP contribution in [-0.2, 0) is 6.54 Å². The average Bonchev–Trinajstić information content (AvgIpc) is 3.23. The van der Waals surface area contributed by atoms with Gasteiger partial charge in [-0.25, -0.2) is 0 Å². The van der Waals surface area contributed by atoms with Gasteiger partial charge < -0.3 is 9.88 Å². The molecule has 0 spiro atoms. The Hall–Kier alpha value is -2.28. The highest BCUT2D eigenvalue weighted by atomic mass is 15.0. The van der Waals surface area contributed by atoms with Crippen molar-refractivity contribution >= 4 is 28.3 Å². The third kappa shape index (κ3) is 2.63. The smallest absolute Gasteiger partial charge is 0.0589 e. The quantitative estimate of drug-likeness (QED) is 0.661. The molecule has 0 bridgehead atoms. The number of nitrogens with one attached hydrogen (secondary N) is 1. The first kappa shape index (κ1) is 16.2. The third-order valence-corrected chi connectivity index (χ3v) is 5.69. The maximum atomic E-state index is 4.32. The summed E-state index contributed by atoms with van der Waals surface area (Å²) in [7, 11) is 0. The zero-order valence-corrected chi connectivity index (χ0v) is 15.0. The van der Waals surface area contributed by atoms with E-state index in [2.05, 4.69) is 72.1 Å². The van der Waals surface area contributed by atoms with Gasteiger partial charge in [0.05, 0.1) is 6.04 Å². The summed E-state index contributed by atoms with van der Waals surface area (Å²) in [5.41, 5.74) is 5.61. The van der Waals surface area contributed by atoms with Gasteiger partial charge in [-0.15, -0.1) is 5.73 Å². The first-order valence-electron chi connectivity index (χ1n) is 9.39. The van der Waals surface area contributed by atoms with E-state index in [1.165, 1.54) is 52.9 Å². The Morgan fingerprint density at radius 1 is 1.24 bits per heavy atom. The molecule has 1 atom stereocenters. The molecule has 1 unspecified atom stereocenters. The molecule has 0 aliphatic heterocycles. The Balaban J connectivity index is 1.90. The third-order valence-electron chi connectivity index (χ3n) is 5.69. The summed E-state index contributed by atoms with van der Waals surface area (Å²) in [6.45, 7) is 11.3. The summed E-state index contributed by atoms with van der Waals surface area (Å²) >= 11 is 0. The highest BCUT2D eigenvalue weighted by Gasteiger charge is 2.21. The standard InChI is InChI=1S/C23H26N2/c1-4-9-21(24-17-10-6-7-11-17)19-14-15-22-23-18(12-8-13-20(19)23)16(3)25(22)5-2/h8-9,12-15,17,21,24H,1,3,5-7,10-11H2,2H3. The average molecular weight is 330 g/mol. The van der Waals surface area contributed by atoms with Gasteiger partial charge in [0, 0.05) is 34.2 Å². The van der Waals surface area contributed by atoms with Gasteiger partial charge in [0.25, 0.3) is 0 Å². The number of nitrogens with zero attached hydrogens (tertiary/aromatic N) is 1. The second kappa shape index (κ2) is 6.55. The zero-order valence-electron chi connectivity index (χ0n) is 15.0. The fraction of sp³-hybridized carbons (Fsp3) is 0.348. The fourth-order valence-electron chi connectivity index (χ4n) is 4.49. The van der Waals surface area contributed by atoms with Crippen LogP contribution in [0.1, 0.15) is 44.2 Å². The Morgan fingerprint density at radius 3 is 2.72 bits per heavy atom. The molecule has 128 valence electrons. The Bertz CT molecular complexity index is 998. The van der Waals surface area contributed by atoms with Crippen LogP contribution in [-0.4, -0.2) is 10.6 Å². The van der Waals surface area contributed by atoms with Gasteiger partial charge in [0.15, 0.2) is 0 Å². The summed E-state index contributed by atoms with van der Waals surface area (Å²) < 4.78 is 2.31. The zero-order chi connectivity index (χ0) is 17.4. The van der Waals surface area contributed by atoms with Crippen molar-refractivity contribution in [1.82, 2.24) is 9.88 Å². The molecule has 3 aromatic rings. The van der Waals surface area contributed by atoms with E-state index in [-0.39, 0.29) is 6.04 Å². The van der Waals surface area contributed by atoms with Crippen molar-refractivity contribution in [3.8, 4) is 0 Å². The summed E-state index contributed by atoms with van der Waals surface area (Å²) in [5, 5.41) is 8.85. The van der Waals surface area contributed by atoms with Crippen LogP contribution in [0.2, 0.25) is 0 Å². The van der Waals surface area contributed by atoms with Crippen LogP contribution in [0.5, 0.6) is 0 Å². The van der Waals surface area contributed by atoms with E-state index in [1.54, 1.807) is 0 Å². The van der Waals surface area contributed by atoms with Gasteiger partial charge in [-0.3, -0.25) is 0 Å². The number of benzene rings is 2. The lowest BCUT2D eigenvalue weighted by molar-refractivity contribution is 0.489. The minimum Gasteiger partial charge on any atom is -0.341 e. The van der Waals surface area contributed by atoms with Crippen molar-refractivity contribution in [2.24, 2.45) is 0 Å². The maximum absolute atomic E-state index is 4.32. The largest absolute Gasteiger partial charge is 0.341 e. The topological polar surface area (TPSA) is 17.0 Å². The summed E-state index contributed by atoms with van der Waals surface area (Å²) in [6.07, 6.45) is 7.27. The highest BCUT2D eigenvalue weighted by molar-refractivity contribution is 6.11. The van der Waals surface area contributed by atoms with E-state index < -0.39 is 0 Å². The molecule has 0 amide bonds. The van der Waals surface area contributed by atoms with Crippen molar-refractivity contribution in [2.45, 2.75) is 51.2 Å². The minimum atomic E-state index is 0.161. The molecule has 0 radical (unpaired) electrons. The van der Waals surface area contributed by atoms with Gasteiger partial charge in [-0.05, 0) is 42.9 Å². The Kier molecular flexibility index (Phi) is 4.25. The molecular weight excluding hydrogens is 304 g/mol. The van der Waals surface area contributed by atoms with Crippen molar-refractivity contribution in [1.29, 1.82) is 0 Å². The summed E-state index contributed by atoms with van der Waals surface area (Å²) in [6, 6.07) is 11.9. The van der Waals surface area contributed by atoms with E-state index in [1.807, 2.05) is 0 Å². The van der Waals surface area contributed by atoms with Crippen LogP contribution in [0.3, 0.4) is 0 Å². The number of rotatable bonds is 5. The molecule has 0 saturated heterocycles. The summed E-state index contributed by atoms with van der Waals surface area (Å²) in [4.78, 5) is 0. The Morgan fingerprint density at radius 2 is 2.00 bits per heavy atom. The van der Waals surface area contributed by atoms with E-state index in [0.29, 0.717) is 6.04 Å². The second-order valence-electron chi connectivity index (χ2n) is 7.09. The van der Waals surface area contributed by atoms with Crippen LogP contribution in [0.15, 0.2) is 48.7 Å². The van der Waals surface area contributed by atoms with Crippen molar-refractivity contribution in [3.05, 3.63) is 59.6 Å². The SMILES string of the molecule is C=C=CC(NC1CCCC1)c1ccc2c3c1cccc3c(=C)n2CC. The number of aryl methyl sites for hydroxylation is 1. The number of hydrogen-bond acceptors (Lipinski definition) is 1. The van der Waals surface area contributed by atoms with Crippen LogP contribution < -0.4 is 10.7 Å². The van der Waals surface area contributed by atoms with Gasteiger partial charge in [0.2, 0.25) is 0 Å². The minimum absolute atomic E-state index is 0.161. The van der Waals surface area contributed by atoms with Crippen molar-refractivity contribution in [2.75, 3.05) is 0 Å². The molecule has 25 heavy (non-hydrogen) atoms. The molecule has 1 aromatic heterocycles. The van der Waals surface area contributed by atoms with Gasteiger partial charge in [0.1, 0.15) is 0 Å². The fourth-order valence-corrected chi connectivity index (χ4v) is 4.49. The molecule has 1 heterocycles. The molecule has 2 heteroatoms. The predicted molar refractivity (Wildman–Crippen MR) is 108 cm³/mol. The summed E-state index contributed by atoms with van der Waals surface area (Å²) in [5.74, 6) is 0. The van der Waals surface area contributed by atoms with Crippen LogP contribution in [0.4, 0.5) is 0 Å². The first-order chi connectivity index (χ1) is 12.2. The Labute approximate surface area is 149 Å². The van der Waals surface area contributed by atoms with E-state index in [4.69, 9.17) is 0 Å². The normalized spacial score (nSPS) is 16.5. The van der Waals surface area contributed by atoms with Crippen LogP contribution >= 0.6 is 0 Å². The molecule has 4 rings (SSSR count). The molecule has 1 fully saturated rings. The first-order valence-corrected chi connectivity index (χ1v) is 9.39. The lowest BCUT2D eigenvalue weighted by Crippen LogP contribution is -2.29. The molecule has 1 aliphatic rings. The van der Waals surface area contributed by atoms with E-state index in [0.717, 1.165) is 11.9 Å². The molecule has 2 aromatic carbocycles. The predicted octanol–water partition coefficient (Wildman–Crippen LogP) is 4.86. The monoisotopic (exact) mass is 330 g/mol. The van der Waals surface area contributed by atoms with Crippen LogP contribution in [0.25, 0.3) is 28.3 Å². The van der Waals surface area contributed by atoms with Gasteiger partial charge in [-0.2, -0.15) is 0 Å². The second-order valence-corrected chi connectivity index (χ2v) is 7.09. The van der Waals surface area contributed by atoms with Crippen LogP contribution in [0, 0.1) is 0 Å². The number of hydrogen-bond donors (Lipinski definition) is 1.